The average Bonchev–Trinajstić information content (AvgIpc) is 2.44. The topological polar surface area (TPSA) is 15.3 Å². The zero-order valence-corrected chi connectivity index (χ0v) is 13.5. The molecule has 1 aromatic carbocycles. The van der Waals surface area contributed by atoms with Crippen molar-refractivity contribution < 1.29 is 4.39 Å². The summed E-state index contributed by atoms with van der Waals surface area (Å²) in [4.78, 5) is 2.40. The first kappa shape index (κ1) is 17.4. The molecule has 4 heteroatoms. The van der Waals surface area contributed by atoms with Crippen LogP contribution in [-0.4, -0.2) is 37.1 Å². The van der Waals surface area contributed by atoms with Crippen molar-refractivity contribution in [2.75, 3.05) is 26.2 Å². The number of hydrogen-bond donors (Lipinski definition) is 1. The van der Waals surface area contributed by atoms with Crippen molar-refractivity contribution >= 4 is 11.6 Å². The van der Waals surface area contributed by atoms with Crippen molar-refractivity contribution in [2.24, 2.45) is 0 Å². The van der Waals surface area contributed by atoms with Crippen molar-refractivity contribution in [1.29, 1.82) is 0 Å². The lowest BCUT2D eigenvalue weighted by atomic mass is 10.0. The van der Waals surface area contributed by atoms with Crippen LogP contribution in [0.4, 0.5) is 4.39 Å². The third kappa shape index (κ3) is 5.78. The summed E-state index contributed by atoms with van der Waals surface area (Å²) in [5.41, 5.74) is 0.886. The SMILES string of the molecule is CCNC(CCN(CC)CC)Cc1cc(F)ccc1Cl. The molecule has 0 heterocycles. The summed E-state index contributed by atoms with van der Waals surface area (Å²) < 4.78 is 13.3. The van der Waals surface area contributed by atoms with Crippen LogP contribution >= 0.6 is 11.6 Å². The van der Waals surface area contributed by atoms with Crippen LogP contribution in [0.25, 0.3) is 0 Å². The smallest absolute Gasteiger partial charge is 0.123 e. The highest BCUT2D eigenvalue weighted by Gasteiger charge is 2.13. The van der Waals surface area contributed by atoms with Crippen LogP contribution in [0.15, 0.2) is 18.2 Å². The van der Waals surface area contributed by atoms with E-state index in [9.17, 15) is 4.39 Å². The molecule has 1 N–H and O–H groups in total. The van der Waals surface area contributed by atoms with Crippen LogP contribution in [0.1, 0.15) is 32.8 Å². The maximum Gasteiger partial charge on any atom is 0.123 e. The highest BCUT2D eigenvalue weighted by molar-refractivity contribution is 6.31. The molecule has 0 radical (unpaired) electrons. The molecule has 2 nitrogen and oxygen atoms in total. The standard InChI is InChI=1S/C16H26ClFN2/c1-4-19-15(9-10-20(5-2)6-3)12-13-11-14(18)7-8-16(13)17/h7-8,11,15,19H,4-6,9-10,12H2,1-3H3. The Bertz CT molecular complexity index is 394. The molecule has 1 rings (SSSR count). The average molecular weight is 301 g/mol. The van der Waals surface area contributed by atoms with Gasteiger partial charge in [0, 0.05) is 11.1 Å². The minimum Gasteiger partial charge on any atom is -0.314 e. The normalized spacial score (nSPS) is 12.9. The molecule has 1 unspecified atom stereocenters. The molecule has 1 atom stereocenters. The van der Waals surface area contributed by atoms with Gasteiger partial charge in [0.25, 0.3) is 0 Å². The highest BCUT2D eigenvalue weighted by atomic mass is 35.5. The predicted molar refractivity (Wildman–Crippen MR) is 85.0 cm³/mol. The molecule has 0 spiro atoms. The molecule has 0 aromatic heterocycles. The Morgan fingerprint density at radius 3 is 2.55 bits per heavy atom. The molecule has 0 saturated heterocycles. The molecule has 0 amide bonds. The molecule has 0 aliphatic rings. The first-order chi connectivity index (χ1) is 9.60. The van der Waals surface area contributed by atoms with Gasteiger partial charge in [0.1, 0.15) is 5.82 Å². The molecule has 0 bridgehead atoms. The van der Waals surface area contributed by atoms with Crippen LogP contribution in [0.3, 0.4) is 0 Å². The van der Waals surface area contributed by atoms with Crippen LogP contribution in [0.5, 0.6) is 0 Å². The number of benzene rings is 1. The molecule has 0 aliphatic heterocycles. The van der Waals surface area contributed by atoms with E-state index in [0.29, 0.717) is 11.1 Å². The van der Waals surface area contributed by atoms with Gasteiger partial charge < -0.3 is 10.2 Å². The molecule has 20 heavy (non-hydrogen) atoms. The number of nitrogens with one attached hydrogen (secondary N) is 1. The van der Waals surface area contributed by atoms with E-state index in [1.54, 1.807) is 12.1 Å². The Morgan fingerprint density at radius 1 is 1.25 bits per heavy atom. The van der Waals surface area contributed by atoms with Crippen LogP contribution in [-0.2, 0) is 6.42 Å². The molecule has 114 valence electrons. The molecule has 1 aromatic rings. The minimum absolute atomic E-state index is 0.219. The van der Waals surface area contributed by atoms with E-state index in [1.165, 1.54) is 6.07 Å². The van der Waals surface area contributed by atoms with E-state index < -0.39 is 0 Å². The van der Waals surface area contributed by atoms with Crippen molar-refractivity contribution in [3.8, 4) is 0 Å². The second-order valence-corrected chi connectivity index (χ2v) is 5.42. The second-order valence-electron chi connectivity index (χ2n) is 5.01. The summed E-state index contributed by atoms with van der Waals surface area (Å²) in [5, 5.41) is 4.12. The second kappa shape index (κ2) is 9.32. The van der Waals surface area contributed by atoms with Crippen LogP contribution in [0, 0.1) is 5.82 Å². The Kier molecular flexibility index (Phi) is 8.12. The van der Waals surface area contributed by atoms with Crippen molar-refractivity contribution in [3.05, 3.63) is 34.6 Å². The van der Waals surface area contributed by atoms with E-state index in [1.807, 2.05) is 0 Å². The van der Waals surface area contributed by atoms with E-state index >= 15 is 0 Å². The van der Waals surface area contributed by atoms with Crippen LogP contribution in [0.2, 0.25) is 5.02 Å². The van der Waals surface area contributed by atoms with Crippen molar-refractivity contribution in [3.63, 3.8) is 0 Å². The summed E-state index contributed by atoms with van der Waals surface area (Å²) in [6.07, 6.45) is 1.81. The van der Waals surface area contributed by atoms with Gasteiger partial charge in [-0.3, -0.25) is 0 Å². The zero-order valence-electron chi connectivity index (χ0n) is 12.8. The van der Waals surface area contributed by atoms with E-state index in [0.717, 1.165) is 44.6 Å². The fourth-order valence-electron chi connectivity index (χ4n) is 2.41. The number of hydrogen-bond acceptors (Lipinski definition) is 2. The van der Waals surface area contributed by atoms with Gasteiger partial charge in [0.05, 0.1) is 0 Å². The van der Waals surface area contributed by atoms with E-state index in [-0.39, 0.29) is 5.82 Å². The van der Waals surface area contributed by atoms with Gasteiger partial charge in [0.2, 0.25) is 0 Å². The van der Waals surface area contributed by atoms with Gasteiger partial charge >= 0.3 is 0 Å². The Morgan fingerprint density at radius 2 is 1.95 bits per heavy atom. The highest BCUT2D eigenvalue weighted by Crippen LogP contribution is 2.19. The van der Waals surface area contributed by atoms with Gasteiger partial charge in [-0.15, -0.1) is 0 Å². The summed E-state index contributed by atoms with van der Waals surface area (Å²) in [5.74, 6) is -0.219. The van der Waals surface area contributed by atoms with Crippen molar-refractivity contribution in [2.45, 2.75) is 39.7 Å². The molecular weight excluding hydrogens is 275 g/mol. The summed E-state index contributed by atoms with van der Waals surface area (Å²) in [7, 11) is 0. The van der Waals surface area contributed by atoms with Gasteiger partial charge in [-0.1, -0.05) is 32.4 Å². The largest absolute Gasteiger partial charge is 0.314 e. The zero-order chi connectivity index (χ0) is 15.0. The van der Waals surface area contributed by atoms with Gasteiger partial charge in [-0.2, -0.15) is 0 Å². The quantitative estimate of drug-likeness (QED) is 0.747. The lowest BCUT2D eigenvalue weighted by molar-refractivity contribution is 0.281. The van der Waals surface area contributed by atoms with Gasteiger partial charge in [-0.25, -0.2) is 4.39 Å². The molecule has 0 saturated carbocycles. The summed E-state index contributed by atoms with van der Waals surface area (Å²) >= 11 is 6.15. The van der Waals surface area contributed by atoms with Gasteiger partial charge in [0.15, 0.2) is 0 Å². The summed E-state index contributed by atoms with van der Waals surface area (Å²) in [6.45, 7) is 10.5. The minimum atomic E-state index is -0.219. The lowest BCUT2D eigenvalue weighted by Gasteiger charge is -2.23. The Labute approximate surface area is 127 Å². The van der Waals surface area contributed by atoms with Gasteiger partial charge in [-0.05, 0) is 62.8 Å². The monoisotopic (exact) mass is 300 g/mol. The number of rotatable bonds is 9. The fraction of sp³-hybridized carbons (Fsp3) is 0.625. The molecular formula is C16H26ClFN2. The number of likely N-dealkylation sites (N-methyl/N-ethyl adjacent to an activating group) is 1. The summed E-state index contributed by atoms with van der Waals surface area (Å²) in [6, 6.07) is 4.92. The predicted octanol–water partition coefficient (Wildman–Crippen LogP) is 3.73. The third-order valence-electron chi connectivity index (χ3n) is 3.66. The number of nitrogens with zero attached hydrogens (tertiary/aromatic N) is 1. The Balaban J connectivity index is 2.64. The Hall–Kier alpha value is -0.640. The molecule has 0 fully saturated rings. The third-order valence-corrected chi connectivity index (χ3v) is 4.02. The van der Waals surface area contributed by atoms with Crippen molar-refractivity contribution in [1.82, 2.24) is 10.2 Å². The number of halogens is 2. The first-order valence-corrected chi connectivity index (χ1v) is 7.88. The maximum absolute atomic E-state index is 13.3. The first-order valence-electron chi connectivity index (χ1n) is 7.50. The maximum atomic E-state index is 13.3. The fourth-order valence-corrected chi connectivity index (χ4v) is 2.60. The lowest BCUT2D eigenvalue weighted by Crippen LogP contribution is -2.35. The van der Waals surface area contributed by atoms with E-state index in [4.69, 9.17) is 11.6 Å². The van der Waals surface area contributed by atoms with E-state index in [2.05, 4.69) is 31.0 Å². The van der Waals surface area contributed by atoms with Crippen LogP contribution < -0.4 is 5.32 Å². The molecule has 0 aliphatic carbocycles.